The molecule has 0 bridgehead atoms. The molecule has 1 saturated heterocycles. The van der Waals surface area contributed by atoms with E-state index in [0.717, 1.165) is 5.03 Å². The van der Waals surface area contributed by atoms with Crippen LogP contribution in [0.1, 0.15) is 13.8 Å². The number of thioether (sulfide) groups is 1. The van der Waals surface area contributed by atoms with E-state index in [1.54, 1.807) is 19.2 Å². The van der Waals surface area contributed by atoms with Gasteiger partial charge in [0.2, 0.25) is 5.91 Å². The summed E-state index contributed by atoms with van der Waals surface area (Å²) in [5.41, 5.74) is 0.772. The van der Waals surface area contributed by atoms with Crippen LogP contribution in [-0.4, -0.2) is 54.9 Å². The third kappa shape index (κ3) is 2.51. The Kier molecular flexibility index (Phi) is 4.11. The largest absolute Gasteiger partial charge is 0.477 e. The first-order valence-corrected chi connectivity index (χ1v) is 8.28. The number of carbonyl (C=O) groups excluding carboxylic acids is 1. The van der Waals surface area contributed by atoms with Crippen molar-refractivity contribution in [2.24, 2.45) is 11.8 Å². The van der Waals surface area contributed by atoms with Crippen molar-refractivity contribution in [3.05, 3.63) is 29.9 Å². The number of rotatable bonds is 5. The van der Waals surface area contributed by atoms with Crippen LogP contribution in [0.2, 0.25) is 0 Å². The van der Waals surface area contributed by atoms with Crippen LogP contribution in [0, 0.1) is 11.8 Å². The third-order valence-electron chi connectivity index (χ3n) is 4.45. The van der Waals surface area contributed by atoms with Crippen LogP contribution in [0.5, 0.6) is 0 Å². The summed E-state index contributed by atoms with van der Waals surface area (Å²) in [6.45, 7) is 3.48. The predicted molar refractivity (Wildman–Crippen MR) is 82.4 cm³/mol. The summed E-state index contributed by atoms with van der Waals surface area (Å²) in [6.07, 6.45) is 2.28. The third-order valence-corrected chi connectivity index (χ3v) is 5.44. The van der Waals surface area contributed by atoms with Crippen LogP contribution >= 0.6 is 11.8 Å². The van der Waals surface area contributed by atoms with Gasteiger partial charge in [0.15, 0.2) is 0 Å². The zero-order valence-corrected chi connectivity index (χ0v) is 13.5. The fourth-order valence-electron chi connectivity index (χ4n) is 3.35. The molecule has 0 aromatic carbocycles. The highest BCUT2D eigenvalue weighted by molar-refractivity contribution is 7.99. The van der Waals surface area contributed by atoms with Gasteiger partial charge < -0.3 is 15.1 Å². The fraction of sp³-hybridized carbons (Fsp3) is 0.467. The van der Waals surface area contributed by atoms with E-state index in [2.05, 4.69) is 9.97 Å². The Morgan fingerprint density at radius 1 is 1.52 bits per heavy atom. The average molecular weight is 335 g/mol. The predicted octanol–water partition coefficient (Wildman–Crippen LogP) is 0.765. The first kappa shape index (κ1) is 15.9. The van der Waals surface area contributed by atoms with Gasteiger partial charge in [0.1, 0.15) is 12.0 Å². The van der Waals surface area contributed by atoms with Gasteiger partial charge in [-0.25, -0.2) is 14.8 Å². The second kappa shape index (κ2) is 5.93. The molecular weight excluding hydrogens is 318 g/mol. The summed E-state index contributed by atoms with van der Waals surface area (Å²) in [6, 6.07) is 1.49. The van der Waals surface area contributed by atoms with Crippen LogP contribution in [0.15, 0.2) is 34.9 Å². The lowest BCUT2D eigenvalue weighted by atomic mass is 9.78. The molecule has 1 aromatic heterocycles. The molecule has 0 radical (unpaired) electrons. The molecule has 122 valence electrons. The van der Waals surface area contributed by atoms with Gasteiger partial charge in [-0.15, -0.1) is 11.8 Å². The Bertz CT molecular complexity index is 677. The van der Waals surface area contributed by atoms with E-state index < -0.39 is 18.0 Å². The van der Waals surface area contributed by atoms with Crippen molar-refractivity contribution in [1.29, 1.82) is 0 Å². The molecule has 2 N–H and O–H groups in total. The summed E-state index contributed by atoms with van der Waals surface area (Å²) in [5.74, 6) is -1.60. The van der Waals surface area contributed by atoms with E-state index in [1.165, 1.54) is 23.0 Å². The number of β-lactam (4-membered cyclic amide) rings is 1. The SMILES string of the molecule is C[C@@H](O)C1C(=O)N2C(C(=O)O)=C(CSc3ccncn3)[C@H](C)C12. The molecule has 0 spiro atoms. The standard InChI is InChI=1S/C15H17N3O4S/c1-7-9(5-23-10-3-4-16-6-17-10)13(15(21)22)18-12(7)11(8(2)19)14(18)20/h3-4,6-8,11-12,19H,5H2,1-2H3,(H,21,22)/t7-,8+,11?,12?/m0/s1. The molecule has 1 fully saturated rings. The second-order valence-corrected chi connectivity index (χ2v) is 6.76. The van der Waals surface area contributed by atoms with E-state index >= 15 is 0 Å². The Morgan fingerprint density at radius 3 is 2.83 bits per heavy atom. The molecule has 0 saturated carbocycles. The number of fused-ring (bicyclic) bond motifs is 1. The molecule has 0 aliphatic carbocycles. The number of aliphatic hydroxyl groups is 1. The number of amides is 1. The minimum absolute atomic E-state index is 0.0611. The van der Waals surface area contributed by atoms with Crippen molar-refractivity contribution in [1.82, 2.24) is 14.9 Å². The van der Waals surface area contributed by atoms with E-state index in [0.29, 0.717) is 11.3 Å². The van der Waals surface area contributed by atoms with E-state index in [4.69, 9.17) is 0 Å². The van der Waals surface area contributed by atoms with Gasteiger partial charge in [0.25, 0.3) is 0 Å². The summed E-state index contributed by atoms with van der Waals surface area (Å²) in [5, 5.41) is 20.1. The molecule has 1 aromatic rings. The summed E-state index contributed by atoms with van der Waals surface area (Å²) in [7, 11) is 0. The lowest BCUT2D eigenvalue weighted by Gasteiger charge is -2.46. The van der Waals surface area contributed by atoms with E-state index in [-0.39, 0.29) is 23.6 Å². The second-order valence-electron chi connectivity index (χ2n) is 5.77. The van der Waals surface area contributed by atoms with Crippen molar-refractivity contribution in [3.63, 3.8) is 0 Å². The highest BCUT2D eigenvalue weighted by atomic mass is 32.2. The number of carbonyl (C=O) groups is 2. The molecule has 3 rings (SSSR count). The number of carboxylic acid groups (broad SMARTS) is 1. The summed E-state index contributed by atoms with van der Waals surface area (Å²) >= 11 is 1.41. The minimum Gasteiger partial charge on any atom is -0.477 e. The number of aromatic nitrogens is 2. The van der Waals surface area contributed by atoms with Crippen molar-refractivity contribution in [2.75, 3.05) is 5.75 Å². The van der Waals surface area contributed by atoms with Crippen LogP contribution in [-0.2, 0) is 9.59 Å². The van der Waals surface area contributed by atoms with E-state index in [9.17, 15) is 19.8 Å². The number of nitrogens with zero attached hydrogens (tertiary/aromatic N) is 3. The van der Waals surface area contributed by atoms with Crippen LogP contribution < -0.4 is 0 Å². The van der Waals surface area contributed by atoms with Gasteiger partial charge >= 0.3 is 5.97 Å². The van der Waals surface area contributed by atoms with Gasteiger partial charge in [-0.2, -0.15) is 0 Å². The molecular formula is C15H17N3O4S. The smallest absolute Gasteiger partial charge is 0.352 e. The molecule has 2 unspecified atom stereocenters. The Balaban J connectivity index is 1.86. The first-order chi connectivity index (χ1) is 10.9. The normalized spacial score (nSPS) is 27.7. The summed E-state index contributed by atoms with van der Waals surface area (Å²) < 4.78 is 0. The first-order valence-electron chi connectivity index (χ1n) is 7.29. The lowest BCUT2D eigenvalue weighted by molar-refractivity contribution is -0.163. The van der Waals surface area contributed by atoms with Crippen molar-refractivity contribution >= 4 is 23.6 Å². The Labute approximate surface area is 137 Å². The number of hydrogen-bond acceptors (Lipinski definition) is 6. The molecule has 1 amide bonds. The van der Waals surface area contributed by atoms with Gasteiger partial charge in [0.05, 0.1) is 23.1 Å². The Morgan fingerprint density at radius 2 is 2.26 bits per heavy atom. The van der Waals surface area contributed by atoms with Crippen LogP contribution in [0.3, 0.4) is 0 Å². The zero-order valence-electron chi connectivity index (χ0n) is 12.7. The highest BCUT2D eigenvalue weighted by Gasteiger charge is 2.59. The molecule has 23 heavy (non-hydrogen) atoms. The Hall–Kier alpha value is -1.93. The van der Waals surface area contributed by atoms with Crippen molar-refractivity contribution in [3.8, 4) is 0 Å². The molecule has 3 heterocycles. The topological polar surface area (TPSA) is 104 Å². The summed E-state index contributed by atoms with van der Waals surface area (Å²) in [4.78, 5) is 33.1. The van der Waals surface area contributed by atoms with Gasteiger partial charge in [0, 0.05) is 17.9 Å². The van der Waals surface area contributed by atoms with Gasteiger partial charge in [-0.05, 0) is 18.6 Å². The molecule has 7 nitrogen and oxygen atoms in total. The maximum Gasteiger partial charge on any atom is 0.352 e. The lowest BCUT2D eigenvalue weighted by Crippen LogP contribution is -2.63. The maximum absolute atomic E-state index is 12.2. The van der Waals surface area contributed by atoms with Crippen molar-refractivity contribution < 1.29 is 19.8 Å². The maximum atomic E-state index is 12.2. The van der Waals surface area contributed by atoms with Gasteiger partial charge in [-0.3, -0.25) is 4.79 Å². The highest BCUT2D eigenvalue weighted by Crippen LogP contribution is 2.48. The fourth-order valence-corrected chi connectivity index (χ4v) is 4.33. The molecule has 4 atom stereocenters. The van der Waals surface area contributed by atoms with Crippen LogP contribution in [0.4, 0.5) is 0 Å². The number of aliphatic hydroxyl groups excluding tert-OH is 1. The molecule has 8 heteroatoms. The number of hydrogen-bond donors (Lipinski definition) is 2. The molecule has 2 aliphatic rings. The monoisotopic (exact) mass is 335 g/mol. The number of carboxylic acids is 1. The minimum atomic E-state index is -1.10. The quantitative estimate of drug-likeness (QED) is 0.465. The average Bonchev–Trinajstić information content (AvgIpc) is 2.75. The van der Waals surface area contributed by atoms with Gasteiger partial charge in [-0.1, -0.05) is 6.92 Å². The van der Waals surface area contributed by atoms with E-state index in [1.807, 2.05) is 6.92 Å². The van der Waals surface area contributed by atoms with Crippen LogP contribution in [0.25, 0.3) is 0 Å². The zero-order chi connectivity index (χ0) is 16.7. The number of aliphatic carboxylic acids is 1. The van der Waals surface area contributed by atoms with Crippen molar-refractivity contribution in [2.45, 2.75) is 31.0 Å². The molecule has 2 aliphatic heterocycles.